The Labute approximate surface area is 119 Å². The summed E-state index contributed by atoms with van der Waals surface area (Å²) in [6.45, 7) is 0. The molecule has 8 heteroatoms. The summed E-state index contributed by atoms with van der Waals surface area (Å²) in [5.41, 5.74) is -0.499. The molecule has 0 fully saturated rings. The summed E-state index contributed by atoms with van der Waals surface area (Å²) in [5, 5.41) is 2.43. The topological polar surface area (TPSA) is 57.8 Å². The SMILES string of the molecule is O=c1[nH]cnc(Nc2c(F)cc(F)cc2Cl)c1I. The lowest BCUT2D eigenvalue weighted by Gasteiger charge is -2.09. The van der Waals surface area contributed by atoms with Gasteiger partial charge in [-0.25, -0.2) is 13.8 Å². The molecule has 18 heavy (non-hydrogen) atoms. The minimum Gasteiger partial charge on any atom is -0.336 e. The molecule has 2 aromatic rings. The normalized spacial score (nSPS) is 10.4. The van der Waals surface area contributed by atoms with Gasteiger partial charge < -0.3 is 10.3 Å². The minimum atomic E-state index is -0.863. The van der Waals surface area contributed by atoms with Gasteiger partial charge in [0.05, 0.1) is 17.0 Å². The van der Waals surface area contributed by atoms with Crippen LogP contribution in [-0.2, 0) is 0 Å². The smallest absolute Gasteiger partial charge is 0.266 e. The first-order valence-corrected chi connectivity index (χ1v) is 6.09. The van der Waals surface area contributed by atoms with Crippen LogP contribution in [0.1, 0.15) is 0 Å². The Morgan fingerprint density at radius 1 is 1.39 bits per heavy atom. The number of nitrogens with zero attached hydrogens (tertiary/aromatic N) is 1. The van der Waals surface area contributed by atoms with Crippen molar-refractivity contribution >= 4 is 45.7 Å². The number of aromatic amines is 1. The fourth-order valence-electron chi connectivity index (χ4n) is 1.25. The second kappa shape index (κ2) is 5.19. The molecule has 1 aromatic heterocycles. The summed E-state index contributed by atoms with van der Waals surface area (Å²) in [5.74, 6) is -1.50. The molecule has 4 nitrogen and oxygen atoms in total. The number of H-pyrrole nitrogens is 1. The first-order chi connectivity index (χ1) is 8.49. The van der Waals surface area contributed by atoms with Crippen molar-refractivity contribution in [2.45, 2.75) is 0 Å². The molecule has 0 bridgehead atoms. The maximum absolute atomic E-state index is 13.5. The molecule has 0 saturated heterocycles. The Morgan fingerprint density at radius 3 is 2.78 bits per heavy atom. The van der Waals surface area contributed by atoms with E-state index in [0.717, 1.165) is 6.07 Å². The first-order valence-electron chi connectivity index (χ1n) is 4.64. The highest BCUT2D eigenvalue weighted by atomic mass is 127. The van der Waals surface area contributed by atoms with Crippen LogP contribution in [0.3, 0.4) is 0 Å². The van der Waals surface area contributed by atoms with Gasteiger partial charge in [0, 0.05) is 6.07 Å². The second-order valence-electron chi connectivity index (χ2n) is 3.26. The molecule has 2 N–H and O–H groups in total. The van der Waals surface area contributed by atoms with E-state index in [1.807, 2.05) is 0 Å². The van der Waals surface area contributed by atoms with E-state index in [4.69, 9.17) is 11.6 Å². The molecule has 0 amide bonds. The number of halogens is 4. The summed E-state index contributed by atoms with van der Waals surface area (Å²) in [4.78, 5) is 17.5. The van der Waals surface area contributed by atoms with E-state index in [0.29, 0.717) is 6.07 Å². The summed E-state index contributed by atoms with van der Waals surface area (Å²) >= 11 is 7.47. The molecule has 1 heterocycles. The van der Waals surface area contributed by atoms with Gasteiger partial charge in [0.1, 0.15) is 9.39 Å². The van der Waals surface area contributed by atoms with Crippen molar-refractivity contribution < 1.29 is 8.78 Å². The van der Waals surface area contributed by atoms with Crippen LogP contribution < -0.4 is 10.9 Å². The summed E-state index contributed by atoms with van der Waals surface area (Å²) in [6, 6.07) is 1.65. The Kier molecular flexibility index (Phi) is 3.81. The molecule has 2 rings (SSSR count). The fourth-order valence-corrected chi connectivity index (χ4v) is 1.92. The van der Waals surface area contributed by atoms with Crippen molar-refractivity contribution in [3.63, 3.8) is 0 Å². The van der Waals surface area contributed by atoms with Crippen LogP contribution in [0.5, 0.6) is 0 Å². The van der Waals surface area contributed by atoms with Crippen LogP contribution in [0.25, 0.3) is 0 Å². The van der Waals surface area contributed by atoms with Gasteiger partial charge in [-0.2, -0.15) is 0 Å². The largest absolute Gasteiger partial charge is 0.336 e. The highest BCUT2D eigenvalue weighted by Crippen LogP contribution is 2.29. The minimum absolute atomic E-state index is 0.130. The van der Waals surface area contributed by atoms with Gasteiger partial charge in [-0.05, 0) is 28.7 Å². The highest BCUT2D eigenvalue weighted by Gasteiger charge is 2.13. The average molecular weight is 384 g/mol. The molecule has 94 valence electrons. The monoisotopic (exact) mass is 383 g/mol. The maximum atomic E-state index is 13.5. The molecular formula is C10H5ClF2IN3O. The molecule has 0 radical (unpaired) electrons. The van der Waals surface area contributed by atoms with E-state index in [-0.39, 0.29) is 25.7 Å². The summed E-state index contributed by atoms with van der Waals surface area (Å²) in [7, 11) is 0. The Hall–Kier alpha value is -1.22. The van der Waals surface area contributed by atoms with Gasteiger partial charge in [0.25, 0.3) is 5.56 Å². The number of anilines is 2. The van der Waals surface area contributed by atoms with Gasteiger partial charge in [0.15, 0.2) is 11.6 Å². The van der Waals surface area contributed by atoms with Crippen molar-refractivity contribution in [3.05, 3.63) is 49.0 Å². The lowest BCUT2D eigenvalue weighted by atomic mass is 10.3. The van der Waals surface area contributed by atoms with Gasteiger partial charge in [-0.1, -0.05) is 11.6 Å². The highest BCUT2D eigenvalue weighted by molar-refractivity contribution is 14.1. The average Bonchev–Trinajstić information content (AvgIpc) is 2.28. The van der Waals surface area contributed by atoms with Crippen molar-refractivity contribution in [2.24, 2.45) is 0 Å². The van der Waals surface area contributed by atoms with Gasteiger partial charge in [-0.3, -0.25) is 4.79 Å². The van der Waals surface area contributed by atoms with Gasteiger partial charge >= 0.3 is 0 Å². The number of nitrogens with one attached hydrogen (secondary N) is 2. The Morgan fingerprint density at radius 2 is 2.11 bits per heavy atom. The molecule has 0 aliphatic rings. The number of rotatable bonds is 2. The van der Waals surface area contributed by atoms with Crippen LogP contribution in [0.2, 0.25) is 5.02 Å². The number of aromatic nitrogens is 2. The lowest BCUT2D eigenvalue weighted by molar-refractivity contribution is 0.586. The zero-order valence-electron chi connectivity index (χ0n) is 8.60. The van der Waals surface area contributed by atoms with E-state index in [2.05, 4.69) is 15.3 Å². The predicted octanol–water partition coefficient (Wildman–Crippen LogP) is 3.05. The third kappa shape index (κ3) is 2.61. The van der Waals surface area contributed by atoms with Crippen LogP contribution in [0, 0.1) is 15.2 Å². The molecule has 0 spiro atoms. The second-order valence-corrected chi connectivity index (χ2v) is 4.75. The molecular weight excluding hydrogens is 378 g/mol. The van der Waals surface area contributed by atoms with Crippen molar-refractivity contribution in [1.82, 2.24) is 9.97 Å². The summed E-state index contributed by atoms with van der Waals surface area (Å²) in [6.07, 6.45) is 1.17. The van der Waals surface area contributed by atoms with Crippen LogP contribution in [0.4, 0.5) is 20.3 Å². The van der Waals surface area contributed by atoms with E-state index in [1.165, 1.54) is 6.33 Å². The lowest BCUT2D eigenvalue weighted by Crippen LogP contribution is -2.13. The zero-order valence-corrected chi connectivity index (χ0v) is 11.5. The summed E-state index contributed by atoms with van der Waals surface area (Å²) < 4.78 is 26.6. The molecule has 0 saturated carbocycles. The van der Waals surface area contributed by atoms with Crippen LogP contribution in [0.15, 0.2) is 23.3 Å². The van der Waals surface area contributed by atoms with Crippen LogP contribution >= 0.6 is 34.2 Å². The standard InChI is InChI=1S/C10H5ClF2IN3O/c11-5-1-4(12)2-6(13)8(5)17-9-7(14)10(18)16-3-15-9/h1-3H,(H2,15,16,17,18). The number of hydrogen-bond donors (Lipinski definition) is 2. The third-order valence-electron chi connectivity index (χ3n) is 2.05. The molecule has 1 aromatic carbocycles. The molecule has 0 atom stereocenters. The molecule has 0 aliphatic carbocycles. The number of benzene rings is 1. The Bertz CT molecular complexity index is 639. The quantitative estimate of drug-likeness (QED) is 0.784. The van der Waals surface area contributed by atoms with Gasteiger partial charge in [0.2, 0.25) is 0 Å². The van der Waals surface area contributed by atoms with Crippen molar-refractivity contribution in [3.8, 4) is 0 Å². The van der Waals surface area contributed by atoms with E-state index in [1.54, 1.807) is 22.6 Å². The van der Waals surface area contributed by atoms with Crippen molar-refractivity contribution in [2.75, 3.05) is 5.32 Å². The van der Waals surface area contributed by atoms with Crippen LogP contribution in [-0.4, -0.2) is 9.97 Å². The zero-order chi connectivity index (χ0) is 13.3. The maximum Gasteiger partial charge on any atom is 0.266 e. The van der Waals surface area contributed by atoms with Gasteiger partial charge in [-0.15, -0.1) is 0 Å². The first kappa shape index (κ1) is 13.2. The van der Waals surface area contributed by atoms with E-state index in [9.17, 15) is 13.6 Å². The van der Waals surface area contributed by atoms with E-state index >= 15 is 0 Å². The van der Waals surface area contributed by atoms with Crippen molar-refractivity contribution in [1.29, 1.82) is 0 Å². The fraction of sp³-hybridized carbons (Fsp3) is 0. The molecule has 0 unspecified atom stereocenters. The third-order valence-corrected chi connectivity index (χ3v) is 3.35. The predicted molar refractivity (Wildman–Crippen MR) is 72.2 cm³/mol. The number of hydrogen-bond acceptors (Lipinski definition) is 3. The van der Waals surface area contributed by atoms with E-state index < -0.39 is 11.6 Å². The molecule has 0 aliphatic heterocycles. The Balaban J connectivity index is 2.47.